The van der Waals surface area contributed by atoms with E-state index in [1.165, 1.54) is 19.3 Å². The molecule has 1 saturated heterocycles. The highest BCUT2D eigenvalue weighted by Crippen LogP contribution is 2.26. The summed E-state index contributed by atoms with van der Waals surface area (Å²) in [6.45, 7) is 3.12. The van der Waals surface area contributed by atoms with Crippen molar-refractivity contribution in [3.05, 3.63) is 34.3 Å². The number of nitrogens with zero attached hydrogens (tertiary/aromatic N) is 2. The molecule has 4 nitrogen and oxygen atoms in total. The molecule has 102 valence electrons. The minimum atomic E-state index is -0.102. The normalized spacial score (nSPS) is 24.1. The van der Waals surface area contributed by atoms with E-state index in [0.717, 1.165) is 35.6 Å². The molecule has 0 radical (unpaired) electrons. The molecule has 0 bridgehead atoms. The van der Waals surface area contributed by atoms with E-state index in [-0.39, 0.29) is 6.17 Å². The van der Waals surface area contributed by atoms with Crippen LogP contribution in [0.15, 0.2) is 33.7 Å². The quantitative estimate of drug-likeness (QED) is 0.929. The molecule has 19 heavy (non-hydrogen) atoms. The molecule has 1 aromatic rings. The van der Waals surface area contributed by atoms with Gasteiger partial charge >= 0.3 is 0 Å². The van der Waals surface area contributed by atoms with Crippen molar-refractivity contribution in [2.45, 2.75) is 25.4 Å². The molecule has 3 rings (SSSR count). The zero-order chi connectivity index (χ0) is 13.1. The molecule has 1 aromatic carbocycles. The third-order valence-corrected chi connectivity index (χ3v) is 4.29. The van der Waals surface area contributed by atoms with Crippen LogP contribution in [0, 0.1) is 0 Å². The number of piperidine rings is 1. The maximum absolute atomic E-state index is 5.52. The summed E-state index contributed by atoms with van der Waals surface area (Å²) in [5, 5.41) is 0. The minimum Gasteiger partial charge on any atom is -0.390 e. The Labute approximate surface area is 121 Å². The molecular weight excluding hydrogens is 306 g/mol. The van der Waals surface area contributed by atoms with Crippen LogP contribution in [0.2, 0.25) is 0 Å². The number of benzene rings is 1. The van der Waals surface area contributed by atoms with Gasteiger partial charge in [0.15, 0.2) is 6.17 Å². The molecule has 1 fully saturated rings. The van der Waals surface area contributed by atoms with Crippen molar-refractivity contribution in [1.29, 1.82) is 0 Å². The summed E-state index contributed by atoms with van der Waals surface area (Å²) in [5.41, 5.74) is 4.10. The van der Waals surface area contributed by atoms with E-state index < -0.39 is 0 Å². The summed E-state index contributed by atoms with van der Waals surface area (Å²) in [4.78, 5) is 12.5. The second kappa shape index (κ2) is 6.03. The first-order valence-corrected chi connectivity index (χ1v) is 7.58. The largest absolute Gasteiger partial charge is 0.390 e. The molecule has 0 spiro atoms. The van der Waals surface area contributed by atoms with Crippen molar-refractivity contribution in [1.82, 2.24) is 10.4 Å². The number of hydrogen-bond acceptors (Lipinski definition) is 4. The van der Waals surface area contributed by atoms with E-state index >= 15 is 0 Å². The first kappa shape index (κ1) is 13.1. The lowest BCUT2D eigenvalue weighted by Crippen LogP contribution is -2.35. The van der Waals surface area contributed by atoms with Crippen LogP contribution in [-0.4, -0.2) is 30.4 Å². The molecule has 2 aliphatic rings. The van der Waals surface area contributed by atoms with Crippen LogP contribution in [0.4, 0.5) is 0 Å². The summed E-state index contributed by atoms with van der Waals surface area (Å²) >= 11 is 3.55. The Bertz CT molecular complexity index is 472. The van der Waals surface area contributed by atoms with Crippen molar-refractivity contribution >= 4 is 21.8 Å². The third-order valence-electron chi connectivity index (χ3n) is 3.57. The molecule has 0 saturated carbocycles. The lowest BCUT2D eigenvalue weighted by molar-refractivity contribution is 0.162. The zero-order valence-electron chi connectivity index (χ0n) is 10.8. The van der Waals surface area contributed by atoms with E-state index in [4.69, 9.17) is 4.84 Å². The highest BCUT2D eigenvalue weighted by molar-refractivity contribution is 9.10. The second-order valence-corrected chi connectivity index (χ2v) is 5.86. The fourth-order valence-corrected chi connectivity index (χ4v) is 3.03. The summed E-state index contributed by atoms with van der Waals surface area (Å²) in [6.07, 6.45) is 3.82. The Morgan fingerprint density at radius 2 is 2.05 bits per heavy atom. The number of nitrogens with one attached hydrogen (secondary N) is 1. The number of hydroxylamine groups is 1. The number of halogens is 1. The lowest BCUT2D eigenvalue weighted by atomic mass is 10.1. The van der Waals surface area contributed by atoms with Crippen molar-refractivity contribution in [3.8, 4) is 0 Å². The molecule has 1 atom stereocenters. The average Bonchev–Trinajstić information content (AvgIpc) is 2.89. The van der Waals surface area contributed by atoms with Gasteiger partial charge in [-0.3, -0.25) is 4.90 Å². The lowest BCUT2D eigenvalue weighted by Gasteiger charge is -2.25. The van der Waals surface area contributed by atoms with E-state index in [2.05, 4.69) is 37.4 Å². The topological polar surface area (TPSA) is 36.9 Å². The summed E-state index contributed by atoms with van der Waals surface area (Å²) in [7, 11) is 0. The Kier molecular flexibility index (Phi) is 4.15. The minimum absolute atomic E-state index is 0.102. The summed E-state index contributed by atoms with van der Waals surface area (Å²) in [6, 6.07) is 8.09. The van der Waals surface area contributed by atoms with Crippen molar-refractivity contribution in [2.24, 2.45) is 4.99 Å². The van der Waals surface area contributed by atoms with Crippen LogP contribution in [-0.2, 0) is 4.84 Å². The van der Waals surface area contributed by atoms with Gasteiger partial charge in [-0.25, -0.2) is 4.99 Å². The highest BCUT2D eigenvalue weighted by Gasteiger charge is 2.23. The van der Waals surface area contributed by atoms with Crippen molar-refractivity contribution < 1.29 is 4.84 Å². The maximum Gasteiger partial charge on any atom is 0.225 e. The SMILES string of the molecule is Brc1ccccc1[C@@H]1N=C(CN2CCCCC2)ON1. The van der Waals surface area contributed by atoms with Gasteiger partial charge in [-0.15, -0.1) is 5.48 Å². The number of aliphatic imine (C=N–C) groups is 1. The Balaban J connectivity index is 1.65. The third kappa shape index (κ3) is 3.16. The molecule has 2 heterocycles. The Morgan fingerprint density at radius 3 is 2.84 bits per heavy atom. The summed E-state index contributed by atoms with van der Waals surface area (Å²) in [5.74, 6) is 0.794. The standard InChI is InChI=1S/C14H18BrN3O/c15-12-7-3-2-6-11(12)14-16-13(19-17-14)10-18-8-4-1-5-9-18/h2-3,6-7,14,17H,1,4-5,8-10H2/t14-/m1/s1. The van der Waals surface area contributed by atoms with E-state index in [1.54, 1.807) is 0 Å². The van der Waals surface area contributed by atoms with Crippen LogP contribution >= 0.6 is 15.9 Å². The highest BCUT2D eigenvalue weighted by atomic mass is 79.9. The van der Waals surface area contributed by atoms with Gasteiger partial charge in [0.25, 0.3) is 0 Å². The smallest absolute Gasteiger partial charge is 0.225 e. The molecule has 0 aromatic heterocycles. The molecule has 0 aliphatic carbocycles. The zero-order valence-corrected chi connectivity index (χ0v) is 12.4. The van der Waals surface area contributed by atoms with Gasteiger partial charge in [0.05, 0.1) is 6.54 Å². The van der Waals surface area contributed by atoms with Gasteiger partial charge in [0.1, 0.15) is 0 Å². The number of hydrogen-bond donors (Lipinski definition) is 1. The van der Waals surface area contributed by atoms with Crippen LogP contribution < -0.4 is 5.48 Å². The van der Waals surface area contributed by atoms with Crippen LogP contribution in [0.1, 0.15) is 31.0 Å². The van der Waals surface area contributed by atoms with Gasteiger partial charge in [-0.2, -0.15) is 0 Å². The summed E-state index contributed by atoms with van der Waals surface area (Å²) < 4.78 is 1.05. The first-order chi connectivity index (χ1) is 9.33. The fraction of sp³-hybridized carbons (Fsp3) is 0.500. The predicted octanol–water partition coefficient (Wildman–Crippen LogP) is 2.87. The molecule has 5 heteroatoms. The van der Waals surface area contributed by atoms with Crippen molar-refractivity contribution in [3.63, 3.8) is 0 Å². The van der Waals surface area contributed by atoms with Gasteiger partial charge in [0, 0.05) is 10.0 Å². The fourth-order valence-electron chi connectivity index (χ4n) is 2.53. The van der Waals surface area contributed by atoms with E-state index in [0.29, 0.717) is 0 Å². The molecule has 0 amide bonds. The monoisotopic (exact) mass is 323 g/mol. The first-order valence-electron chi connectivity index (χ1n) is 6.79. The van der Waals surface area contributed by atoms with Crippen LogP contribution in [0.25, 0.3) is 0 Å². The molecule has 1 N–H and O–H groups in total. The Hall–Kier alpha value is -0.910. The number of likely N-dealkylation sites (tertiary alicyclic amines) is 1. The second-order valence-electron chi connectivity index (χ2n) is 5.00. The van der Waals surface area contributed by atoms with Gasteiger partial charge in [-0.05, 0) is 32.0 Å². The van der Waals surface area contributed by atoms with Gasteiger partial charge in [0.2, 0.25) is 5.90 Å². The Morgan fingerprint density at radius 1 is 1.26 bits per heavy atom. The van der Waals surface area contributed by atoms with Crippen molar-refractivity contribution in [2.75, 3.05) is 19.6 Å². The van der Waals surface area contributed by atoms with E-state index in [1.807, 2.05) is 18.2 Å². The van der Waals surface area contributed by atoms with Gasteiger partial charge in [-0.1, -0.05) is 40.5 Å². The molecule has 0 unspecified atom stereocenters. The molecular formula is C14H18BrN3O. The van der Waals surface area contributed by atoms with Gasteiger partial charge < -0.3 is 4.84 Å². The predicted molar refractivity (Wildman–Crippen MR) is 78.8 cm³/mol. The number of rotatable bonds is 3. The molecule has 2 aliphatic heterocycles. The van der Waals surface area contributed by atoms with E-state index in [9.17, 15) is 0 Å². The van der Waals surface area contributed by atoms with Crippen LogP contribution in [0.5, 0.6) is 0 Å². The van der Waals surface area contributed by atoms with Crippen LogP contribution in [0.3, 0.4) is 0 Å². The average molecular weight is 324 g/mol. The maximum atomic E-state index is 5.52.